The molecule has 0 unspecified atom stereocenters. The Morgan fingerprint density at radius 3 is 2.45 bits per heavy atom. The van der Waals surface area contributed by atoms with Crippen LogP contribution in [0.2, 0.25) is 0 Å². The lowest BCUT2D eigenvalue weighted by atomic mass is 10.1. The maximum absolute atomic E-state index is 12.5. The Morgan fingerprint density at radius 1 is 1.14 bits per heavy atom. The molecule has 3 aromatic rings. The minimum absolute atomic E-state index is 0. The number of para-hydroxylation sites is 1. The van der Waals surface area contributed by atoms with Crippen molar-refractivity contribution >= 4 is 11.5 Å². The van der Waals surface area contributed by atoms with E-state index in [2.05, 4.69) is 11.9 Å². The second-order valence-corrected chi connectivity index (χ2v) is 6.93. The zero-order valence-electron chi connectivity index (χ0n) is 17.1. The van der Waals surface area contributed by atoms with Gasteiger partial charge in [0.05, 0.1) is 16.9 Å². The first-order chi connectivity index (χ1) is 13.8. The average molecular weight is 390 g/mol. The summed E-state index contributed by atoms with van der Waals surface area (Å²) in [5.74, 6) is 0.983. The number of aryl methyl sites for hydroxylation is 3. The molecule has 0 spiro atoms. The molecule has 0 amide bonds. The van der Waals surface area contributed by atoms with Crippen LogP contribution in [0.15, 0.2) is 66.2 Å². The molecule has 2 aromatic carbocycles. The lowest BCUT2D eigenvalue weighted by molar-refractivity contribution is 0.104. The Hall–Kier alpha value is -3.60. The molecule has 0 saturated carbocycles. The maximum atomic E-state index is 12.5. The molecule has 3 rings (SSSR count). The first-order valence-electron chi connectivity index (χ1n) is 9.31. The van der Waals surface area contributed by atoms with Gasteiger partial charge in [-0.1, -0.05) is 30.8 Å². The zero-order chi connectivity index (χ0) is 21.1. The second kappa shape index (κ2) is 8.19. The van der Waals surface area contributed by atoms with Crippen LogP contribution in [0.1, 0.15) is 28.5 Å². The predicted octanol–water partition coefficient (Wildman–Crippen LogP) is 5.21. The van der Waals surface area contributed by atoms with Crippen LogP contribution in [-0.4, -0.2) is 17.4 Å². The number of pyridine rings is 1. The normalized spacial score (nSPS) is 10.5. The highest BCUT2D eigenvalue weighted by molar-refractivity contribution is 6.04. The Balaban J connectivity index is 0.00000320. The Bertz CT molecular complexity index is 1150. The van der Waals surface area contributed by atoms with Gasteiger partial charge in [-0.2, -0.15) is 0 Å². The smallest absolute Gasteiger partial charge is 0.215 e. The summed E-state index contributed by atoms with van der Waals surface area (Å²) in [6, 6.07) is 11.8. The molecule has 0 aliphatic carbocycles. The number of nitrogens with zero attached hydrogens (tertiary/aromatic N) is 1. The molecule has 0 saturated heterocycles. The fraction of sp³-hybridized carbons (Fsp3) is 0.167. The first-order valence-corrected chi connectivity index (χ1v) is 9.31. The Kier molecular flexibility index (Phi) is 5.69. The fourth-order valence-electron chi connectivity index (χ4n) is 3.17. The van der Waals surface area contributed by atoms with Crippen LogP contribution in [-0.2, 0) is 0 Å². The van der Waals surface area contributed by atoms with E-state index in [0.29, 0.717) is 11.4 Å². The zero-order valence-corrected chi connectivity index (χ0v) is 17.1. The largest absolute Gasteiger partial charge is 0.455 e. The molecule has 0 atom stereocenters. The van der Waals surface area contributed by atoms with Crippen LogP contribution >= 0.6 is 0 Å². The molecule has 0 bridgehead atoms. The number of aromatic nitrogens is 1. The molecule has 0 aliphatic rings. The van der Waals surface area contributed by atoms with Crippen LogP contribution in [0.5, 0.6) is 11.5 Å². The minimum atomic E-state index is -0.425. The van der Waals surface area contributed by atoms with E-state index >= 15 is 0 Å². The van der Waals surface area contributed by atoms with Crippen molar-refractivity contribution in [1.29, 1.82) is 0 Å². The van der Waals surface area contributed by atoms with Crippen molar-refractivity contribution in [2.45, 2.75) is 20.8 Å². The number of ether oxygens (including phenoxy) is 1. The summed E-state index contributed by atoms with van der Waals surface area (Å²) in [7, 11) is 1.65. The summed E-state index contributed by atoms with van der Waals surface area (Å²) in [4.78, 5) is 24.8. The third kappa shape index (κ3) is 3.99. The summed E-state index contributed by atoms with van der Waals surface area (Å²) in [6.45, 7) is 9.47. The summed E-state index contributed by atoms with van der Waals surface area (Å²) in [5.41, 5.74) is 3.80. The number of anilines is 1. The molecule has 0 radical (unpaired) electrons. The highest BCUT2D eigenvalue weighted by atomic mass is 16.5. The topological polar surface area (TPSA) is 60.3 Å². The molecule has 5 heteroatoms. The van der Waals surface area contributed by atoms with Crippen molar-refractivity contribution in [3.63, 3.8) is 0 Å². The Morgan fingerprint density at radius 2 is 1.83 bits per heavy atom. The number of hydrogen-bond acceptors (Lipinski definition) is 4. The fourth-order valence-corrected chi connectivity index (χ4v) is 3.17. The molecular weight excluding hydrogens is 364 g/mol. The molecule has 0 fully saturated rings. The number of hydrogen-bond donors (Lipinski definition) is 1. The third-order valence-corrected chi connectivity index (χ3v) is 4.76. The van der Waals surface area contributed by atoms with Gasteiger partial charge in [-0.3, -0.25) is 9.59 Å². The van der Waals surface area contributed by atoms with Gasteiger partial charge < -0.3 is 14.6 Å². The first kappa shape index (κ1) is 20.1. The molecule has 150 valence electrons. The van der Waals surface area contributed by atoms with E-state index in [1.165, 1.54) is 6.20 Å². The molecule has 5 nitrogen and oxygen atoms in total. The van der Waals surface area contributed by atoms with Gasteiger partial charge in [0.2, 0.25) is 5.43 Å². The van der Waals surface area contributed by atoms with Crippen LogP contribution < -0.4 is 15.5 Å². The van der Waals surface area contributed by atoms with Crippen LogP contribution in [0.3, 0.4) is 0 Å². The number of benzene rings is 2. The van der Waals surface area contributed by atoms with Gasteiger partial charge in [0.1, 0.15) is 5.75 Å². The number of allylic oxidation sites excluding steroid dienone is 1. The van der Waals surface area contributed by atoms with E-state index in [4.69, 9.17) is 4.74 Å². The van der Waals surface area contributed by atoms with Crippen molar-refractivity contribution in [1.82, 2.24) is 4.57 Å². The summed E-state index contributed by atoms with van der Waals surface area (Å²) in [5, 5.41) is 2.87. The van der Waals surface area contributed by atoms with Gasteiger partial charge >= 0.3 is 0 Å². The second-order valence-electron chi connectivity index (χ2n) is 6.93. The molecule has 29 heavy (non-hydrogen) atoms. The molecule has 1 heterocycles. The standard InChI is InChI=1S/C24H24N2O3.H2/c1-6-21(27)18-13-26(14-19(25-5)23(18)28)20-12-15(2)10-11-22(20)29-24-16(3)8-7-9-17(24)4;/h6-14,25H,1H2,2-5H3;1H. The number of rotatable bonds is 6. The SMILES string of the molecule is C=CC(=O)c1cn(-c2cc(C)ccc2Oc2c(C)cccc2C)cc(NC)c1=O.[HH]. The molecular formula is C24H26N2O3. The van der Waals surface area contributed by atoms with Crippen LogP contribution in [0.25, 0.3) is 5.69 Å². The highest BCUT2D eigenvalue weighted by Gasteiger charge is 2.16. The summed E-state index contributed by atoms with van der Waals surface area (Å²) >= 11 is 0. The van der Waals surface area contributed by atoms with Gasteiger partial charge in [0.15, 0.2) is 11.5 Å². The Labute approximate surface area is 171 Å². The van der Waals surface area contributed by atoms with Crippen molar-refractivity contribution in [3.8, 4) is 17.2 Å². The lowest BCUT2D eigenvalue weighted by Crippen LogP contribution is -2.20. The predicted molar refractivity (Wildman–Crippen MR) is 119 cm³/mol. The third-order valence-electron chi connectivity index (χ3n) is 4.76. The van der Waals surface area contributed by atoms with Gasteiger partial charge in [-0.15, -0.1) is 0 Å². The maximum Gasteiger partial charge on any atom is 0.215 e. The van der Waals surface area contributed by atoms with Gasteiger partial charge in [0.25, 0.3) is 0 Å². The van der Waals surface area contributed by atoms with Gasteiger partial charge in [-0.05, 0) is 55.7 Å². The van der Waals surface area contributed by atoms with Gasteiger partial charge in [0, 0.05) is 20.9 Å². The van der Waals surface area contributed by atoms with E-state index in [9.17, 15) is 9.59 Å². The average Bonchev–Trinajstić information content (AvgIpc) is 2.71. The van der Waals surface area contributed by atoms with Crippen LogP contribution in [0.4, 0.5) is 5.69 Å². The van der Waals surface area contributed by atoms with Crippen molar-refractivity contribution < 1.29 is 11.0 Å². The monoisotopic (exact) mass is 390 g/mol. The van der Waals surface area contributed by atoms with Gasteiger partial charge in [-0.25, -0.2) is 0 Å². The van der Waals surface area contributed by atoms with E-state index < -0.39 is 5.78 Å². The van der Waals surface area contributed by atoms with Crippen molar-refractivity contribution in [2.24, 2.45) is 0 Å². The highest BCUT2D eigenvalue weighted by Crippen LogP contribution is 2.33. The number of ketones is 1. The quantitative estimate of drug-likeness (QED) is 0.463. The summed E-state index contributed by atoms with van der Waals surface area (Å²) in [6.07, 6.45) is 4.33. The van der Waals surface area contributed by atoms with E-state index in [1.54, 1.807) is 17.8 Å². The van der Waals surface area contributed by atoms with E-state index in [0.717, 1.165) is 34.2 Å². The van der Waals surface area contributed by atoms with E-state index in [1.807, 2.05) is 57.2 Å². The lowest BCUT2D eigenvalue weighted by Gasteiger charge is -2.18. The van der Waals surface area contributed by atoms with E-state index in [-0.39, 0.29) is 12.4 Å². The summed E-state index contributed by atoms with van der Waals surface area (Å²) < 4.78 is 8.02. The minimum Gasteiger partial charge on any atom is -0.455 e. The van der Waals surface area contributed by atoms with Crippen molar-refractivity contribution in [3.05, 3.63) is 93.9 Å². The molecule has 1 aromatic heterocycles. The van der Waals surface area contributed by atoms with Crippen LogP contribution in [0, 0.1) is 20.8 Å². The molecule has 1 N–H and O–H groups in total. The number of carbonyl (C=O) groups excluding carboxylic acids is 1. The number of nitrogens with one attached hydrogen (secondary N) is 1. The number of carbonyl (C=O) groups is 1. The van der Waals surface area contributed by atoms with Crippen molar-refractivity contribution in [2.75, 3.05) is 12.4 Å². The molecule has 0 aliphatic heterocycles.